The molecule has 3 fully saturated rings. The lowest BCUT2D eigenvalue weighted by atomic mass is 9.73. The molecule has 0 unspecified atom stereocenters. The number of aliphatic hydroxyl groups is 1. The summed E-state index contributed by atoms with van der Waals surface area (Å²) in [5.74, 6) is 0.410. The highest BCUT2D eigenvalue weighted by molar-refractivity contribution is 7.15. The minimum atomic E-state index is -3.21. The smallest absolute Gasteiger partial charge is 0.408 e. The number of aryl methyl sites for hydroxylation is 1. The number of ether oxygens (including phenoxy) is 5. The Morgan fingerprint density at radius 1 is 1.12 bits per heavy atom. The number of thiophene rings is 1. The second kappa shape index (κ2) is 17.2. The van der Waals surface area contributed by atoms with Crippen LogP contribution in [0.25, 0.3) is 10.7 Å². The van der Waals surface area contributed by atoms with Crippen molar-refractivity contribution in [3.8, 4) is 22.5 Å². The number of amides is 1. The number of carbonyl (C=O) groups excluding carboxylic acids is 4. The van der Waals surface area contributed by atoms with Gasteiger partial charge in [0, 0.05) is 23.8 Å². The normalized spacial score (nSPS) is 38.1. The number of likely N-dealkylation sites (N-methyl/N-ethyl adjacent to an activating group) is 1. The summed E-state index contributed by atoms with van der Waals surface area (Å²) in [6, 6.07) is 2.24. The largest absolute Gasteiger partial charge is 0.455 e. The van der Waals surface area contributed by atoms with Crippen LogP contribution in [0.4, 0.5) is 9.18 Å². The molecule has 16 nitrogen and oxygen atoms in total. The molecular weight excluding hydrogens is 764 g/mol. The number of alkyl halides is 1. The van der Waals surface area contributed by atoms with Gasteiger partial charge in [0.05, 0.1) is 40.7 Å². The fourth-order valence-corrected chi connectivity index (χ4v) is 9.17. The molecule has 0 spiro atoms. The molecule has 2 N–H and O–H groups in total. The van der Waals surface area contributed by atoms with E-state index in [0.29, 0.717) is 17.1 Å². The zero-order valence-corrected chi connectivity index (χ0v) is 35.2. The Balaban J connectivity index is 1.57. The zero-order valence-electron chi connectivity index (χ0n) is 34.4. The Hall–Kier alpha value is -3.86. The van der Waals surface area contributed by atoms with Crippen LogP contribution in [0.5, 0.6) is 0 Å². The summed E-state index contributed by atoms with van der Waals surface area (Å²) in [6.07, 6.45) is -5.88. The first kappa shape index (κ1) is 44.2. The average Bonchev–Trinajstić information content (AvgIpc) is 3.88. The molecule has 57 heavy (non-hydrogen) atoms. The molecule has 2 aromatic heterocycles. The zero-order chi connectivity index (χ0) is 42.2. The lowest BCUT2D eigenvalue weighted by Crippen LogP contribution is -2.61. The SMILES string of the molecule is CC[C@H]1OC(=O)[C@@](C)(F)C(=O)[C@H](C)[C@@H](O[C@@H]2O[C@H](C)C[C@H](N(C)C)[C@H]2O)[C@@](C)(OCC#Cc2ccc(-c3nnn(C)n3)s2)C[C@@H](C)C(=O)[C@H](C)[C@H]2NC(=O)O[C@@]21C. The van der Waals surface area contributed by atoms with Gasteiger partial charge in [-0.3, -0.25) is 9.59 Å². The first-order chi connectivity index (χ1) is 26.6. The van der Waals surface area contributed by atoms with E-state index in [-0.39, 0.29) is 31.3 Å². The van der Waals surface area contributed by atoms with Gasteiger partial charge < -0.3 is 39.0 Å². The number of nitrogens with zero attached hydrogens (tertiary/aromatic N) is 5. The maximum absolute atomic E-state index is 16.9. The molecule has 5 heterocycles. The Morgan fingerprint density at radius 3 is 2.46 bits per heavy atom. The number of nitrogens with one attached hydrogen (secondary N) is 1. The lowest BCUT2D eigenvalue weighted by Gasteiger charge is -2.47. The van der Waals surface area contributed by atoms with Crippen LogP contribution in [0.1, 0.15) is 79.5 Å². The van der Waals surface area contributed by atoms with Gasteiger partial charge in [0.15, 0.2) is 17.7 Å². The molecule has 0 aromatic carbocycles. The second-order valence-corrected chi connectivity index (χ2v) is 17.3. The molecule has 0 bridgehead atoms. The Morgan fingerprint density at radius 2 is 1.82 bits per heavy atom. The molecule has 18 heteroatoms. The van der Waals surface area contributed by atoms with Crippen molar-refractivity contribution in [3.63, 3.8) is 0 Å². The van der Waals surface area contributed by atoms with Crippen molar-refractivity contribution in [3.05, 3.63) is 17.0 Å². The quantitative estimate of drug-likeness (QED) is 0.235. The minimum Gasteiger partial charge on any atom is -0.455 e. The number of carbonyl (C=O) groups is 4. The van der Waals surface area contributed by atoms with Gasteiger partial charge in [-0.15, -0.1) is 21.5 Å². The van der Waals surface area contributed by atoms with Crippen molar-refractivity contribution in [1.82, 2.24) is 30.4 Å². The van der Waals surface area contributed by atoms with Gasteiger partial charge in [-0.05, 0) is 78.4 Å². The topological polar surface area (TPSA) is 194 Å². The third-order valence-corrected chi connectivity index (χ3v) is 12.5. The van der Waals surface area contributed by atoms with Crippen LogP contribution in [0, 0.1) is 29.6 Å². The molecule has 0 saturated carbocycles. The van der Waals surface area contributed by atoms with Crippen LogP contribution in [0.3, 0.4) is 0 Å². The summed E-state index contributed by atoms with van der Waals surface area (Å²) >= 11 is 1.35. The third kappa shape index (κ3) is 9.08. The molecule has 13 atom stereocenters. The van der Waals surface area contributed by atoms with Crippen molar-refractivity contribution < 1.29 is 52.4 Å². The number of tetrazole rings is 1. The van der Waals surface area contributed by atoms with Crippen LogP contribution in [0.2, 0.25) is 0 Å². The van der Waals surface area contributed by atoms with Crippen LogP contribution >= 0.6 is 11.3 Å². The molecule has 3 aliphatic rings. The van der Waals surface area contributed by atoms with Crippen LogP contribution in [0.15, 0.2) is 12.1 Å². The van der Waals surface area contributed by atoms with Crippen molar-refractivity contribution in [2.75, 3.05) is 20.7 Å². The third-order valence-electron chi connectivity index (χ3n) is 11.5. The molecule has 2 aromatic rings. The molecule has 3 saturated heterocycles. The number of hydrogen-bond acceptors (Lipinski definition) is 15. The fourth-order valence-electron chi connectivity index (χ4n) is 8.36. The number of hydrogen-bond donors (Lipinski definition) is 2. The number of cyclic esters (lactones) is 1. The van der Waals surface area contributed by atoms with Gasteiger partial charge in [0.1, 0.15) is 24.6 Å². The molecular formula is C39H55FN6O10S. The predicted molar refractivity (Wildman–Crippen MR) is 204 cm³/mol. The van der Waals surface area contributed by atoms with E-state index in [1.165, 1.54) is 30.0 Å². The van der Waals surface area contributed by atoms with Gasteiger partial charge >= 0.3 is 12.1 Å². The fraction of sp³-hybridized carbons (Fsp3) is 0.718. The second-order valence-electron chi connectivity index (χ2n) is 16.2. The number of Topliss-reactive ketones (excluding diaryl/α,β-unsaturated/α-hetero) is 2. The highest BCUT2D eigenvalue weighted by Gasteiger charge is 2.59. The molecule has 3 aliphatic heterocycles. The predicted octanol–water partition coefficient (Wildman–Crippen LogP) is 3.24. The number of rotatable bonds is 7. The van der Waals surface area contributed by atoms with E-state index >= 15 is 4.39 Å². The molecule has 314 valence electrons. The lowest BCUT2D eigenvalue weighted by molar-refractivity contribution is -0.296. The standard InChI is InChI=1S/C39H55FN6O10S/c1-12-27-39(8)30(41-36(51)56-39)22(4)28(47)20(2)19-37(6,52-17-13-14-24-15-16-26(57-24)33-42-44-46(11)43-33)32(23(5)31(49)38(7,40)35(50)54-27)55-34-29(48)25(45(9)10)18-21(3)53-34/h15-16,20-23,25,27,29-30,32,34,48H,12,17-19H2,1-11H3,(H,41,51)/t20-,21-,22+,23+,25+,27-,29-,30-,32-,34+,37+,38+,39-/m1/s1. The van der Waals surface area contributed by atoms with Crippen molar-refractivity contribution in [1.29, 1.82) is 0 Å². The van der Waals surface area contributed by atoms with E-state index in [2.05, 4.69) is 32.6 Å². The first-order valence-corrected chi connectivity index (χ1v) is 20.0. The monoisotopic (exact) mass is 818 g/mol. The van der Waals surface area contributed by atoms with E-state index in [9.17, 15) is 24.3 Å². The summed E-state index contributed by atoms with van der Waals surface area (Å²) in [6.45, 7) is 11.9. The maximum Gasteiger partial charge on any atom is 0.408 e. The van der Waals surface area contributed by atoms with Crippen LogP contribution in [-0.4, -0.2) is 134 Å². The summed E-state index contributed by atoms with van der Waals surface area (Å²) in [5, 5.41) is 26.4. The molecule has 0 radical (unpaired) electrons. The van der Waals surface area contributed by atoms with E-state index < -0.39 is 89.2 Å². The minimum absolute atomic E-state index is 0.0782. The maximum atomic E-state index is 16.9. The van der Waals surface area contributed by atoms with Crippen molar-refractivity contribution in [2.45, 2.75) is 134 Å². The number of aliphatic hydroxyl groups excluding tert-OH is 1. The van der Waals surface area contributed by atoms with E-state index in [1.54, 1.807) is 40.8 Å². The number of fused-ring (bicyclic) bond motifs is 1. The van der Waals surface area contributed by atoms with Crippen molar-refractivity contribution >= 4 is 35.0 Å². The summed E-state index contributed by atoms with van der Waals surface area (Å²) in [7, 11) is 5.28. The number of alkyl carbamates (subject to hydrolysis) is 1. The molecule has 0 aliphatic carbocycles. The Bertz CT molecular complexity index is 1880. The highest BCUT2D eigenvalue weighted by Crippen LogP contribution is 2.41. The van der Waals surface area contributed by atoms with Gasteiger partial charge in [-0.2, -0.15) is 4.80 Å². The molecule has 1 amide bonds. The highest BCUT2D eigenvalue weighted by atomic mass is 32.1. The van der Waals surface area contributed by atoms with Crippen molar-refractivity contribution in [2.24, 2.45) is 24.8 Å². The Labute approximate surface area is 336 Å². The van der Waals surface area contributed by atoms with Crippen LogP contribution in [-0.2, 0) is 45.1 Å². The van der Waals surface area contributed by atoms with E-state index in [1.807, 2.05) is 32.0 Å². The van der Waals surface area contributed by atoms with Gasteiger partial charge in [0.25, 0.3) is 5.67 Å². The van der Waals surface area contributed by atoms with Gasteiger partial charge in [-0.1, -0.05) is 39.5 Å². The average molecular weight is 819 g/mol. The van der Waals surface area contributed by atoms with Gasteiger partial charge in [0.2, 0.25) is 5.82 Å². The summed E-state index contributed by atoms with van der Waals surface area (Å²) in [4.78, 5) is 59.8. The van der Waals surface area contributed by atoms with E-state index in [0.717, 1.165) is 11.8 Å². The van der Waals surface area contributed by atoms with Gasteiger partial charge in [-0.25, -0.2) is 14.0 Å². The number of aromatic nitrogens is 4. The number of esters is 1. The number of ketones is 2. The summed E-state index contributed by atoms with van der Waals surface area (Å²) in [5.41, 5.74) is -6.39. The summed E-state index contributed by atoms with van der Waals surface area (Å²) < 4.78 is 47.4. The number of halogens is 1. The first-order valence-electron chi connectivity index (χ1n) is 19.2. The van der Waals surface area contributed by atoms with E-state index in [4.69, 9.17) is 23.7 Å². The Kier molecular flexibility index (Phi) is 13.3. The molecule has 5 rings (SSSR count). The van der Waals surface area contributed by atoms with Crippen LogP contribution < -0.4 is 5.32 Å².